The van der Waals surface area contributed by atoms with Crippen molar-refractivity contribution in [3.05, 3.63) is 59.7 Å². The maximum Gasteiger partial charge on any atom is 0.335 e. The van der Waals surface area contributed by atoms with Crippen LogP contribution in [0, 0.1) is 5.92 Å². The highest BCUT2D eigenvalue weighted by Crippen LogP contribution is 2.39. The van der Waals surface area contributed by atoms with Crippen molar-refractivity contribution in [1.82, 2.24) is 0 Å². The van der Waals surface area contributed by atoms with Gasteiger partial charge in [-0.1, -0.05) is 83.4 Å². The normalized spacial score (nSPS) is 19.2. The molecule has 5 nitrogen and oxygen atoms in total. The van der Waals surface area contributed by atoms with E-state index in [9.17, 15) is 14.7 Å². The Morgan fingerprint density at radius 3 is 2.08 bits per heavy atom. The third-order valence-corrected chi connectivity index (χ3v) is 7.57. The zero-order valence-corrected chi connectivity index (χ0v) is 22.7. The number of aliphatic hydroxyl groups is 1. The average molecular weight is 499 g/mol. The first-order chi connectivity index (χ1) is 17.3. The Labute approximate surface area is 218 Å². The van der Waals surface area contributed by atoms with Crippen LogP contribution in [0.15, 0.2) is 48.6 Å². The fraction of sp³-hybridized carbons (Fsp3) is 0.613. The van der Waals surface area contributed by atoms with Crippen LogP contribution < -0.4 is 0 Å². The van der Waals surface area contributed by atoms with E-state index < -0.39 is 24.0 Å². The zero-order chi connectivity index (χ0) is 26.6. The van der Waals surface area contributed by atoms with E-state index in [-0.39, 0.29) is 18.8 Å². The summed E-state index contributed by atoms with van der Waals surface area (Å²) >= 11 is 0. The minimum absolute atomic E-state index is 0.0000241. The molecule has 0 aliphatic heterocycles. The Morgan fingerprint density at radius 1 is 0.944 bits per heavy atom. The van der Waals surface area contributed by atoms with Gasteiger partial charge in [-0.05, 0) is 62.0 Å². The largest absolute Gasteiger partial charge is 0.461 e. The molecular formula is C31H46O5. The maximum absolute atomic E-state index is 12.3. The van der Waals surface area contributed by atoms with E-state index in [4.69, 9.17) is 9.47 Å². The quantitative estimate of drug-likeness (QED) is 0.164. The first-order valence-electron chi connectivity index (χ1n) is 13.6. The summed E-state index contributed by atoms with van der Waals surface area (Å²) in [4.78, 5) is 24.5. The van der Waals surface area contributed by atoms with Gasteiger partial charge in [-0.25, -0.2) is 9.59 Å². The number of aliphatic hydroxyl groups excluding tert-OH is 1. The lowest BCUT2D eigenvalue weighted by Gasteiger charge is -2.34. The number of carbonyl (C=O) groups is 2. The van der Waals surface area contributed by atoms with Gasteiger partial charge in [0.15, 0.2) is 0 Å². The van der Waals surface area contributed by atoms with Crippen molar-refractivity contribution in [1.29, 1.82) is 0 Å². The third-order valence-electron chi connectivity index (χ3n) is 7.57. The van der Waals surface area contributed by atoms with Crippen LogP contribution in [-0.4, -0.2) is 36.9 Å². The minimum Gasteiger partial charge on any atom is -0.461 e. The molecule has 36 heavy (non-hydrogen) atoms. The fourth-order valence-electron chi connectivity index (χ4n) is 5.25. The number of carbonyl (C=O) groups excluding carboxylic acids is 2. The molecule has 1 aliphatic rings. The maximum atomic E-state index is 12.3. The molecule has 0 heterocycles. The molecule has 1 aromatic carbocycles. The van der Waals surface area contributed by atoms with E-state index in [1.807, 2.05) is 0 Å². The topological polar surface area (TPSA) is 72.8 Å². The van der Waals surface area contributed by atoms with Gasteiger partial charge < -0.3 is 14.6 Å². The van der Waals surface area contributed by atoms with Crippen molar-refractivity contribution in [2.75, 3.05) is 19.8 Å². The molecule has 1 unspecified atom stereocenters. The molecule has 200 valence electrons. The highest BCUT2D eigenvalue weighted by atomic mass is 16.5. The van der Waals surface area contributed by atoms with Gasteiger partial charge in [0.2, 0.25) is 0 Å². The van der Waals surface area contributed by atoms with Crippen LogP contribution in [0.5, 0.6) is 0 Å². The number of esters is 2. The molecule has 2 rings (SSSR count). The molecule has 0 bridgehead atoms. The number of hydrogen-bond acceptors (Lipinski definition) is 5. The predicted molar refractivity (Wildman–Crippen MR) is 145 cm³/mol. The van der Waals surface area contributed by atoms with Gasteiger partial charge in [0, 0.05) is 5.57 Å². The van der Waals surface area contributed by atoms with Crippen molar-refractivity contribution in [2.24, 2.45) is 5.92 Å². The lowest BCUT2D eigenvalue weighted by molar-refractivity contribution is -0.146. The standard InChI is InChI=1S/C31H46O5/c1-6-8-9-10-25-11-13-26(14-12-25)27-15-17-28(18-16-27)31(19-7-2,21-35-29(33)23(3)4)22-36-30(34)24(5)20-32/h15-18,25-26,32H,3,5-14,19-22H2,1-2,4H3. The number of hydrogen-bond donors (Lipinski definition) is 1. The summed E-state index contributed by atoms with van der Waals surface area (Å²) in [6, 6.07) is 8.58. The third kappa shape index (κ3) is 8.62. The van der Waals surface area contributed by atoms with Crippen molar-refractivity contribution in [3.8, 4) is 0 Å². The Kier molecular flexibility index (Phi) is 12.4. The summed E-state index contributed by atoms with van der Waals surface area (Å²) in [5, 5.41) is 9.24. The lowest BCUT2D eigenvalue weighted by atomic mass is 9.75. The SMILES string of the molecule is C=C(C)C(=O)OCC(CCC)(COC(=O)C(=C)CO)c1ccc(C2CCC(CCCCC)CC2)cc1. The summed E-state index contributed by atoms with van der Waals surface area (Å²) in [6.07, 6.45) is 11.9. The highest BCUT2D eigenvalue weighted by Gasteiger charge is 2.36. The molecule has 0 saturated heterocycles. The summed E-state index contributed by atoms with van der Waals surface area (Å²) in [5.74, 6) is 0.343. The molecular weight excluding hydrogens is 452 g/mol. The Morgan fingerprint density at radius 2 is 1.56 bits per heavy atom. The average Bonchev–Trinajstić information content (AvgIpc) is 2.90. The molecule has 1 atom stereocenters. The highest BCUT2D eigenvalue weighted by molar-refractivity contribution is 5.88. The summed E-state index contributed by atoms with van der Waals surface area (Å²) in [5.41, 5.74) is 1.95. The second-order valence-corrected chi connectivity index (χ2v) is 10.6. The monoisotopic (exact) mass is 498 g/mol. The molecule has 0 aromatic heterocycles. The van der Waals surface area contributed by atoms with E-state index in [2.05, 4.69) is 51.3 Å². The van der Waals surface area contributed by atoms with Gasteiger partial charge in [-0.3, -0.25) is 0 Å². The molecule has 1 saturated carbocycles. The van der Waals surface area contributed by atoms with Crippen molar-refractivity contribution < 1.29 is 24.2 Å². The van der Waals surface area contributed by atoms with E-state index in [0.717, 1.165) is 17.9 Å². The van der Waals surface area contributed by atoms with Crippen LogP contribution in [0.3, 0.4) is 0 Å². The molecule has 1 N–H and O–H groups in total. The smallest absolute Gasteiger partial charge is 0.335 e. The van der Waals surface area contributed by atoms with Crippen LogP contribution in [0.4, 0.5) is 0 Å². The molecule has 1 aliphatic carbocycles. The molecule has 0 amide bonds. The zero-order valence-electron chi connectivity index (χ0n) is 22.7. The first kappa shape index (κ1) is 29.8. The number of benzene rings is 1. The van der Waals surface area contributed by atoms with Gasteiger partial charge in [0.25, 0.3) is 0 Å². The Bertz CT molecular complexity index is 863. The number of ether oxygens (including phenoxy) is 2. The van der Waals surface area contributed by atoms with Gasteiger partial charge in [0.1, 0.15) is 13.2 Å². The first-order valence-corrected chi connectivity index (χ1v) is 13.6. The molecule has 0 radical (unpaired) electrons. The van der Waals surface area contributed by atoms with Crippen LogP contribution in [-0.2, 0) is 24.5 Å². The van der Waals surface area contributed by atoms with E-state index in [0.29, 0.717) is 17.9 Å². The van der Waals surface area contributed by atoms with Crippen molar-refractivity contribution in [3.63, 3.8) is 0 Å². The van der Waals surface area contributed by atoms with E-state index in [1.165, 1.54) is 56.9 Å². The van der Waals surface area contributed by atoms with Crippen molar-refractivity contribution in [2.45, 2.75) is 96.3 Å². The van der Waals surface area contributed by atoms with Gasteiger partial charge in [-0.15, -0.1) is 0 Å². The Balaban J connectivity index is 2.18. The van der Waals surface area contributed by atoms with Crippen LogP contribution in [0.1, 0.15) is 102 Å². The van der Waals surface area contributed by atoms with Gasteiger partial charge >= 0.3 is 11.9 Å². The second-order valence-electron chi connectivity index (χ2n) is 10.6. The van der Waals surface area contributed by atoms with Crippen LogP contribution in [0.2, 0.25) is 0 Å². The predicted octanol–water partition coefficient (Wildman–Crippen LogP) is 6.79. The number of unbranched alkanes of at least 4 members (excludes halogenated alkanes) is 2. The van der Waals surface area contributed by atoms with E-state index >= 15 is 0 Å². The Hall–Kier alpha value is -2.40. The van der Waals surface area contributed by atoms with Crippen LogP contribution >= 0.6 is 0 Å². The van der Waals surface area contributed by atoms with E-state index in [1.54, 1.807) is 6.92 Å². The summed E-state index contributed by atoms with van der Waals surface area (Å²) in [7, 11) is 0. The molecule has 1 fully saturated rings. The summed E-state index contributed by atoms with van der Waals surface area (Å²) in [6.45, 7) is 12.8. The molecule has 0 spiro atoms. The fourth-order valence-corrected chi connectivity index (χ4v) is 5.25. The van der Waals surface area contributed by atoms with Crippen molar-refractivity contribution >= 4 is 11.9 Å². The minimum atomic E-state index is -0.694. The second kappa shape index (κ2) is 15.0. The molecule has 1 aromatic rings. The number of rotatable bonds is 15. The van der Waals surface area contributed by atoms with Gasteiger partial charge in [0.05, 0.1) is 17.6 Å². The summed E-state index contributed by atoms with van der Waals surface area (Å²) < 4.78 is 11.1. The molecule has 5 heteroatoms. The lowest BCUT2D eigenvalue weighted by Crippen LogP contribution is -2.39. The van der Waals surface area contributed by atoms with Gasteiger partial charge in [-0.2, -0.15) is 0 Å². The van der Waals surface area contributed by atoms with Crippen LogP contribution in [0.25, 0.3) is 0 Å².